The number of hydrogen-bond acceptors (Lipinski definition) is 2. The fourth-order valence-electron chi connectivity index (χ4n) is 10.8. The molecule has 0 saturated heterocycles. The second kappa shape index (κ2) is 10.1. The van der Waals surface area contributed by atoms with Gasteiger partial charge >= 0.3 is 0 Å². The largest absolute Gasteiger partial charge is 0.456 e. The third-order valence-electron chi connectivity index (χ3n) is 13.2. The predicted octanol–water partition coefficient (Wildman–Crippen LogP) is 15.1. The highest BCUT2D eigenvalue weighted by molar-refractivity contribution is 6.45. The van der Waals surface area contributed by atoms with Crippen molar-refractivity contribution < 1.29 is 8.83 Å². The molecule has 0 unspecified atom stereocenters. The van der Waals surface area contributed by atoms with E-state index in [4.69, 9.17) is 8.83 Å². The average molecular weight is 737 g/mol. The molecule has 0 aliphatic rings. The van der Waals surface area contributed by atoms with Crippen molar-refractivity contribution in [2.45, 2.75) is 0 Å². The second-order valence-electron chi connectivity index (χ2n) is 16.0. The maximum atomic E-state index is 6.22. The molecule has 0 amide bonds. The van der Waals surface area contributed by atoms with Crippen LogP contribution in [0.2, 0.25) is 0 Å². The maximum absolute atomic E-state index is 6.22. The van der Waals surface area contributed by atoms with Gasteiger partial charge in [-0.3, -0.25) is 0 Å². The van der Waals surface area contributed by atoms with Crippen LogP contribution < -0.4 is 0 Å². The van der Waals surface area contributed by atoms with Gasteiger partial charge in [0.1, 0.15) is 22.3 Å². The van der Waals surface area contributed by atoms with E-state index >= 15 is 0 Å². The van der Waals surface area contributed by atoms with Crippen molar-refractivity contribution in [3.05, 3.63) is 170 Å². The molecule has 0 aliphatic heterocycles. The minimum absolute atomic E-state index is 0.914. The predicted molar refractivity (Wildman–Crippen MR) is 241 cm³/mol. The first-order chi connectivity index (χ1) is 28.8. The van der Waals surface area contributed by atoms with Gasteiger partial charge in [0.15, 0.2) is 0 Å². The molecule has 0 radical (unpaired) electrons. The lowest BCUT2D eigenvalue weighted by atomic mass is 9.95. The Morgan fingerprint density at radius 2 is 0.586 bits per heavy atom. The Bertz CT molecular complexity index is 3990. The first kappa shape index (κ1) is 29.5. The number of hydrogen-bond donors (Lipinski definition) is 0. The highest BCUT2D eigenvalue weighted by Gasteiger charge is 2.29. The van der Waals surface area contributed by atoms with Gasteiger partial charge in [-0.15, -0.1) is 0 Å². The molecule has 0 saturated carbocycles. The zero-order valence-corrected chi connectivity index (χ0v) is 30.9. The summed E-state index contributed by atoms with van der Waals surface area (Å²) in [5, 5.41) is 14.9. The quantitative estimate of drug-likeness (QED) is 0.177. The molecule has 0 N–H and O–H groups in total. The van der Waals surface area contributed by atoms with Crippen molar-refractivity contribution in [1.29, 1.82) is 0 Å². The molecule has 58 heavy (non-hydrogen) atoms. The maximum Gasteiger partial charge on any atom is 0.135 e. The first-order valence-electron chi connectivity index (χ1n) is 19.9. The van der Waals surface area contributed by atoms with E-state index in [1.54, 1.807) is 0 Å². The van der Waals surface area contributed by atoms with Gasteiger partial charge in [0.25, 0.3) is 0 Å². The number of furan rings is 2. The first-order valence-corrected chi connectivity index (χ1v) is 19.9. The van der Waals surface area contributed by atoms with Gasteiger partial charge in [0.2, 0.25) is 0 Å². The van der Waals surface area contributed by atoms with Crippen LogP contribution in [0.15, 0.2) is 179 Å². The zero-order valence-electron chi connectivity index (χ0n) is 30.9. The van der Waals surface area contributed by atoms with Crippen molar-refractivity contribution >= 4 is 120 Å². The molecular weight excluding hydrogens is 709 g/mol. The van der Waals surface area contributed by atoms with E-state index in [0.717, 1.165) is 43.9 Å². The van der Waals surface area contributed by atoms with Crippen LogP contribution >= 0.6 is 0 Å². The molecule has 4 heteroatoms. The standard InChI is InChI=1S/C54H28N2O2/c1-5-13-41-35(11-1)49-51-39-27-29(31-19-23-47-37(25-31)33-9-3-7-15-45(33)57-47)18-22-44(39)56-42-14-6-2-12-36(42)50(54(51)56)52-40-28-30(17-21-43(40)55(41)53(49)52)32-20-24-48-38(26-32)34-10-4-8-16-46(34)58-48/h1-28H. The van der Waals surface area contributed by atoms with Crippen LogP contribution in [0, 0.1) is 0 Å². The van der Waals surface area contributed by atoms with Crippen molar-refractivity contribution in [1.82, 2.24) is 8.80 Å². The van der Waals surface area contributed by atoms with Gasteiger partial charge in [0, 0.05) is 64.6 Å². The van der Waals surface area contributed by atoms with Gasteiger partial charge < -0.3 is 17.6 Å². The summed E-state index contributed by atoms with van der Waals surface area (Å²) in [4.78, 5) is 0. The van der Waals surface area contributed by atoms with Crippen molar-refractivity contribution in [2.75, 3.05) is 0 Å². The Kier molecular flexibility index (Phi) is 5.14. The van der Waals surface area contributed by atoms with E-state index < -0.39 is 0 Å². The topological polar surface area (TPSA) is 35.1 Å². The minimum Gasteiger partial charge on any atom is -0.456 e. The minimum atomic E-state index is 0.914. The van der Waals surface area contributed by atoms with E-state index in [1.165, 1.54) is 98.4 Å². The lowest BCUT2D eigenvalue weighted by molar-refractivity contribution is 0.668. The van der Waals surface area contributed by atoms with Crippen LogP contribution in [-0.4, -0.2) is 8.80 Å². The van der Waals surface area contributed by atoms with Crippen molar-refractivity contribution in [2.24, 2.45) is 0 Å². The van der Waals surface area contributed by atoms with Gasteiger partial charge in [0.05, 0.1) is 33.1 Å². The fourth-order valence-corrected chi connectivity index (χ4v) is 10.8. The summed E-state index contributed by atoms with van der Waals surface area (Å²) in [5.41, 5.74) is 15.9. The van der Waals surface area contributed by atoms with Crippen LogP contribution in [0.25, 0.3) is 142 Å². The monoisotopic (exact) mass is 736 g/mol. The number of para-hydroxylation sites is 4. The molecule has 6 aromatic heterocycles. The molecule has 0 bridgehead atoms. The third-order valence-corrected chi connectivity index (χ3v) is 13.2. The number of benzene rings is 9. The van der Waals surface area contributed by atoms with Crippen LogP contribution in [0.4, 0.5) is 0 Å². The molecule has 0 fully saturated rings. The van der Waals surface area contributed by atoms with Crippen molar-refractivity contribution in [3.63, 3.8) is 0 Å². The molecule has 15 aromatic rings. The van der Waals surface area contributed by atoms with Gasteiger partial charge in [-0.25, -0.2) is 0 Å². The van der Waals surface area contributed by atoms with Crippen LogP contribution in [0.5, 0.6) is 0 Å². The third kappa shape index (κ3) is 3.46. The highest BCUT2D eigenvalue weighted by Crippen LogP contribution is 2.52. The second-order valence-corrected chi connectivity index (χ2v) is 16.0. The Labute approximate surface area is 328 Å². The van der Waals surface area contributed by atoms with Gasteiger partial charge in [-0.05, 0) is 95.1 Å². The van der Waals surface area contributed by atoms with Gasteiger partial charge in [-0.1, -0.05) is 97.1 Å². The normalized spacial score (nSPS) is 12.8. The Morgan fingerprint density at radius 1 is 0.259 bits per heavy atom. The average Bonchev–Trinajstić information content (AvgIpc) is 4.12. The smallest absolute Gasteiger partial charge is 0.135 e. The Balaban J connectivity index is 1.08. The van der Waals surface area contributed by atoms with E-state index in [-0.39, 0.29) is 0 Å². The van der Waals surface area contributed by atoms with Crippen molar-refractivity contribution in [3.8, 4) is 22.3 Å². The van der Waals surface area contributed by atoms with Crippen LogP contribution in [0.3, 0.4) is 0 Å². The SMILES string of the molecule is c1ccc2c(c1)oc1ccc(-c3ccc4c(c3)c3c5c6ccccc6n6c7ccc(-c8ccc9oc%10ccccc%10c9c8)cc7c(c7c8ccccc8n4c73)c56)cc12. The van der Waals surface area contributed by atoms with Crippen LogP contribution in [0.1, 0.15) is 0 Å². The molecule has 266 valence electrons. The Morgan fingerprint density at radius 3 is 1.05 bits per heavy atom. The van der Waals surface area contributed by atoms with E-state index in [1.807, 2.05) is 24.3 Å². The molecule has 9 aromatic carbocycles. The number of fused-ring (bicyclic) bond motifs is 20. The summed E-state index contributed by atoms with van der Waals surface area (Å²) < 4.78 is 17.5. The molecule has 0 spiro atoms. The molecule has 6 heterocycles. The molecule has 15 rings (SSSR count). The summed E-state index contributed by atoms with van der Waals surface area (Å²) in [6, 6.07) is 62.0. The van der Waals surface area contributed by atoms with E-state index in [9.17, 15) is 0 Å². The highest BCUT2D eigenvalue weighted by atomic mass is 16.3. The van der Waals surface area contributed by atoms with Gasteiger partial charge in [-0.2, -0.15) is 0 Å². The summed E-state index contributed by atoms with van der Waals surface area (Å²) in [6.07, 6.45) is 0. The van der Waals surface area contributed by atoms with Crippen LogP contribution in [-0.2, 0) is 0 Å². The zero-order chi connectivity index (χ0) is 37.4. The van der Waals surface area contributed by atoms with E-state index in [0.29, 0.717) is 0 Å². The summed E-state index contributed by atoms with van der Waals surface area (Å²) >= 11 is 0. The number of aromatic nitrogens is 2. The van der Waals surface area contributed by atoms with E-state index in [2.05, 4.69) is 154 Å². The summed E-state index contributed by atoms with van der Waals surface area (Å²) in [7, 11) is 0. The number of rotatable bonds is 2. The fraction of sp³-hybridized carbons (Fsp3) is 0. The summed E-state index contributed by atoms with van der Waals surface area (Å²) in [6.45, 7) is 0. The molecular formula is C54H28N2O2. The molecule has 0 atom stereocenters. The lowest BCUT2D eigenvalue weighted by Gasteiger charge is -2.06. The molecule has 0 aliphatic carbocycles. The molecule has 4 nitrogen and oxygen atoms in total. The Hall–Kier alpha value is -7.82. The lowest BCUT2D eigenvalue weighted by Crippen LogP contribution is -1.82. The summed E-state index contributed by atoms with van der Waals surface area (Å²) in [5.74, 6) is 0. The number of nitrogens with zero attached hydrogens (tertiary/aromatic N) is 2.